The first kappa shape index (κ1) is 17.6. The quantitative estimate of drug-likeness (QED) is 0.643. The van der Waals surface area contributed by atoms with Gasteiger partial charge in [0.1, 0.15) is 11.4 Å². The lowest BCUT2D eigenvalue weighted by Crippen LogP contribution is -2.38. The fourth-order valence-corrected chi connectivity index (χ4v) is 3.24. The van der Waals surface area contributed by atoms with Gasteiger partial charge in [0.2, 0.25) is 0 Å². The molecule has 2 aromatic heterocycles. The van der Waals surface area contributed by atoms with Gasteiger partial charge in [-0.15, -0.1) is 10.2 Å². The van der Waals surface area contributed by atoms with E-state index in [4.69, 9.17) is 4.42 Å². The van der Waals surface area contributed by atoms with Crippen LogP contribution in [0.25, 0.3) is 22.2 Å². The first-order chi connectivity index (χ1) is 12.9. The first-order valence-electron chi connectivity index (χ1n) is 8.55. The largest absolute Gasteiger partial charge is 0.507 e. The van der Waals surface area contributed by atoms with E-state index in [2.05, 4.69) is 20.8 Å². The van der Waals surface area contributed by atoms with Crippen molar-refractivity contribution in [2.24, 2.45) is 0 Å². The second-order valence-electron chi connectivity index (χ2n) is 6.48. The molecule has 27 heavy (non-hydrogen) atoms. The average molecular weight is 378 g/mol. The summed E-state index contributed by atoms with van der Waals surface area (Å²) in [5, 5.41) is 25.7. The van der Waals surface area contributed by atoms with E-state index < -0.39 is 17.5 Å². The van der Waals surface area contributed by atoms with Gasteiger partial charge < -0.3 is 20.2 Å². The lowest BCUT2D eigenvalue weighted by Gasteiger charge is -2.24. The second kappa shape index (κ2) is 6.73. The average Bonchev–Trinajstić information content (AvgIpc) is 3.13. The topological polar surface area (TPSA) is 83.2 Å². The van der Waals surface area contributed by atoms with Crippen molar-refractivity contribution in [3.05, 3.63) is 36.1 Å². The van der Waals surface area contributed by atoms with Gasteiger partial charge >= 0.3 is 6.18 Å². The van der Waals surface area contributed by atoms with Crippen LogP contribution in [0.5, 0.6) is 5.75 Å². The fraction of sp³-hybridized carbons (Fsp3) is 0.333. The maximum absolute atomic E-state index is 12.8. The minimum Gasteiger partial charge on any atom is -0.507 e. The van der Waals surface area contributed by atoms with Crippen molar-refractivity contribution >= 4 is 16.8 Å². The standard InChI is InChI=1S/C18H17F3N4O2/c19-18(20,21)10-3-4-12(14(26)8-10)15-16-13(5-7-27-16)17(25-24-15)23-11-2-1-6-22-9-11/h3-5,7-8,11,22,26H,1-2,6,9H2,(H,23,25)/t11-/m1/s1. The fourth-order valence-electron chi connectivity index (χ4n) is 3.24. The SMILES string of the molecule is Oc1cc(C(F)(F)F)ccc1-c1nnc(N[C@@H]2CCCNC2)c2ccoc12. The molecule has 0 saturated carbocycles. The summed E-state index contributed by atoms with van der Waals surface area (Å²) in [4.78, 5) is 0. The molecule has 0 aliphatic carbocycles. The van der Waals surface area contributed by atoms with Gasteiger partial charge in [-0.1, -0.05) is 0 Å². The van der Waals surface area contributed by atoms with Crippen LogP contribution < -0.4 is 10.6 Å². The molecule has 9 heteroatoms. The van der Waals surface area contributed by atoms with Gasteiger partial charge in [0, 0.05) is 18.2 Å². The minimum absolute atomic E-state index is 0.126. The number of fused-ring (bicyclic) bond motifs is 1. The number of hydrogen-bond acceptors (Lipinski definition) is 6. The van der Waals surface area contributed by atoms with Crippen molar-refractivity contribution in [2.75, 3.05) is 18.4 Å². The second-order valence-corrected chi connectivity index (χ2v) is 6.48. The summed E-state index contributed by atoms with van der Waals surface area (Å²) in [5.41, 5.74) is -0.267. The number of phenolic OH excluding ortho intramolecular Hbond substituents is 1. The van der Waals surface area contributed by atoms with Gasteiger partial charge in [0.15, 0.2) is 11.4 Å². The van der Waals surface area contributed by atoms with E-state index in [9.17, 15) is 18.3 Å². The molecule has 1 aromatic carbocycles. The Labute approximate surface area is 152 Å². The van der Waals surface area contributed by atoms with Gasteiger partial charge in [0.05, 0.1) is 17.2 Å². The number of nitrogens with one attached hydrogen (secondary N) is 2. The Balaban J connectivity index is 1.71. The van der Waals surface area contributed by atoms with Crippen LogP contribution in [-0.2, 0) is 6.18 Å². The number of aromatic nitrogens is 2. The van der Waals surface area contributed by atoms with Crippen LogP contribution in [0.15, 0.2) is 34.9 Å². The van der Waals surface area contributed by atoms with Gasteiger partial charge in [-0.3, -0.25) is 0 Å². The highest BCUT2D eigenvalue weighted by Gasteiger charge is 2.31. The summed E-state index contributed by atoms with van der Waals surface area (Å²) in [6.07, 6.45) is -1.03. The molecule has 0 amide bonds. The monoisotopic (exact) mass is 378 g/mol. The smallest absolute Gasteiger partial charge is 0.416 e. The van der Waals surface area contributed by atoms with Crippen molar-refractivity contribution in [1.82, 2.24) is 15.5 Å². The highest BCUT2D eigenvalue weighted by atomic mass is 19.4. The van der Waals surface area contributed by atoms with Gasteiger partial charge in [-0.25, -0.2) is 0 Å². The maximum Gasteiger partial charge on any atom is 0.416 e. The molecular formula is C18H17F3N4O2. The molecule has 3 heterocycles. The molecule has 3 N–H and O–H groups in total. The van der Waals surface area contributed by atoms with Crippen LogP contribution in [0.2, 0.25) is 0 Å². The number of anilines is 1. The first-order valence-corrected chi connectivity index (χ1v) is 8.55. The van der Waals surface area contributed by atoms with Crippen molar-refractivity contribution in [2.45, 2.75) is 25.1 Å². The Morgan fingerprint density at radius 3 is 2.78 bits per heavy atom. The molecule has 1 atom stereocenters. The number of phenols is 1. The van der Waals surface area contributed by atoms with E-state index in [1.54, 1.807) is 6.07 Å². The highest BCUT2D eigenvalue weighted by molar-refractivity contribution is 5.97. The summed E-state index contributed by atoms with van der Waals surface area (Å²) < 4.78 is 43.9. The summed E-state index contributed by atoms with van der Waals surface area (Å²) in [6, 6.07) is 4.66. The normalized spacial score (nSPS) is 18.0. The van der Waals surface area contributed by atoms with E-state index >= 15 is 0 Å². The van der Waals surface area contributed by atoms with Crippen molar-refractivity contribution < 1.29 is 22.7 Å². The van der Waals surface area contributed by atoms with E-state index in [0.29, 0.717) is 22.9 Å². The number of nitrogens with zero attached hydrogens (tertiary/aromatic N) is 2. The summed E-state index contributed by atoms with van der Waals surface area (Å²) >= 11 is 0. The van der Waals surface area contributed by atoms with Crippen LogP contribution in [-0.4, -0.2) is 34.4 Å². The highest BCUT2D eigenvalue weighted by Crippen LogP contribution is 2.39. The molecular weight excluding hydrogens is 361 g/mol. The number of benzene rings is 1. The lowest BCUT2D eigenvalue weighted by molar-refractivity contribution is -0.137. The zero-order valence-electron chi connectivity index (χ0n) is 14.2. The molecule has 4 rings (SSSR count). The molecule has 1 saturated heterocycles. The van der Waals surface area contributed by atoms with Crippen molar-refractivity contribution in [3.63, 3.8) is 0 Å². The Morgan fingerprint density at radius 2 is 2.07 bits per heavy atom. The summed E-state index contributed by atoms with van der Waals surface area (Å²) in [6.45, 7) is 1.79. The third-order valence-electron chi connectivity index (χ3n) is 4.60. The number of alkyl halides is 3. The van der Waals surface area contributed by atoms with Gasteiger partial charge in [-0.05, 0) is 43.7 Å². The predicted octanol–water partition coefficient (Wildman–Crippen LogP) is 3.78. The van der Waals surface area contributed by atoms with E-state index in [1.807, 2.05) is 0 Å². The van der Waals surface area contributed by atoms with Crippen LogP contribution in [0.3, 0.4) is 0 Å². The number of furan rings is 1. The number of hydrogen-bond donors (Lipinski definition) is 3. The van der Waals surface area contributed by atoms with Gasteiger partial charge in [0.25, 0.3) is 0 Å². The molecule has 0 spiro atoms. The molecule has 142 valence electrons. The summed E-state index contributed by atoms with van der Waals surface area (Å²) in [5.74, 6) is 0.0108. The Morgan fingerprint density at radius 1 is 1.22 bits per heavy atom. The number of rotatable bonds is 3. The summed E-state index contributed by atoms with van der Waals surface area (Å²) in [7, 11) is 0. The number of halogens is 3. The Hall–Kier alpha value is -2.81. The van der Waals surface area contributed by atoms with Gasteiger partial charge in [-0.2, -0.15) is 13.2 Å². The van der Waals surface area contributed by atoms with E-state index in [1.165, 1.54) is 12.3 Å². The zero-order chi connectivity index (χ0) is 19.0. The molecule has 1 aliphatic heterocycles. The van der Waals surface area contributed by atoms with E-state index in [-0.39, 0.29) is 17.3 Å². The van der Waals surface area contributed by atoms with Crippen molar-refractivity contribution in [1.29, 1.82) is 0 Å². The third-order valence-corrected chi connectivity index (χ3v) is 4.60. The molecule has 3 aromatic rings. The molecule has 1 aliphatic rings. The van der Waals surface area contributed by atoms with Crippen molar-refractivity contribution in [3.8, 4) is 17.0 Å². The van der Waals surface area contributed by atoms with Crippen LogP contribution in [0.4, 0.5) is 19.0 Å². The molecule has 0 unspecified atom stereocenters. The Kier molecular flexibility index (Phi) is 4.39. The number of aromatic hydroxyl groups is 1. The van der Waals surface area contributed by atoms with E-state index in [0.717, 1.165) is 32.0 Å². The van der Waals surface area contributed by atoms with Crippen LogP contribution in [0.1, 0.15) is 18.4 Å². The molecule has 0 bridgehead atoms. The third kappa shape index (κ3) is 3.42. The maximum atomic E-state index is 12.8. The van der Waals surface area contributed by atoms with Crippen LogP contribution >= 0.6 is 0 Å². The minimum atomic E-state index is -4.54. The van der Waals surface area contributed by atoms with Crippen LogP contribution in [0, 0.1) is 0 Å². The Bertz CT molecular complexity index is 965. The zero-order valence-corrected chi connectivity index (χ0v) is 14.2. The lowest BCUT2D eigenvalue weighted by atomic mass is 10.1. The molecule has 6 nitrogen and oxygen atoms in total. The predicted molar refractivity (Wildman–Crippen MR) is 93.4 cm³/mol. The number of piperidine rings is 1. The molecule has 1 fully saturated rings. The molecule has 0 radical (unpaired) electrons.